The van der Waals surface area contributed by atoms with E-state index in [0.29, 0.717) is 6.04 Å². The van der Waals surface area contributed by atoms with Crippen LogP contribution in [0.25, 0.3) is 10.2 Å². The van der Waals surface area contributed by atoms with Crippen molar-refractivity contribution in [1.29, 1.82) is 0 Å². The van der Waals surface area contributed by atoms with Crippen LogP contribution in [-0.4, -0.2) is 41.8 Å². The molecule has 5 heteroatoms. The molecule has 2 aromatic carbocycles. The van der Waals surface area contributed by atoms with E-state index < -0.39 is 0 Å². The van der Waals surface area contributed by atoms with E-state index in [1.54, 1.807) is 11.3 Å². The van der Waals surface area contributed by atoms with Gasteiger partial charge in [-0.15, -0.1) is 0 Å². The number of hydrogen-bond acceptors (Lipinski definition) is 4. The summed E-state index contributed by atoms with van der Waals surface area (Å²) in [6.45, 7) is 6.25. The Balaban J connectivity index is 1.25. The Labute approximate surface area is 171 Å². The van der Waals surface area contributed by atoms with Gasteiger partial charge in [0.25, 0.3) is 0 Å². The van der Waals surface area contributed by atoms with E-state index in [-0.39, 0.29) is 0 Å². The predicted octanol–water partition coefficient (Wildman–Crippen LogP) is 4.38. The number of likely N-dealkylation sites (tertiary alicyclic amines) is 1. The Kier molecular flexibility index (Phi) is 6.13. The molecule has 0 amide bonds. The number of benzene rings is 2. The average Bonchev–Trinajstić information content (AvgIpc) is 3.02. The van der Waals surface area contributed by atoms with Gasteiger partial charge in [0, 0.05) is 26.7 Å². The van der Waals surface area contributed by atoms with Crippen LogP contribution in [0.1, 0.15) is 24.8 Å². The van der Waals surface area contributed by atoms with Crippen molar-refractivity contribution in [1.82, 2.24) is 9.47 Å². The molecule has 4 rings (SSSR count). The Morgan fingerprint density at radius 2 is 1.93 bits per heavy atom. The third-order valence-corrected chi connectivity index (χ3v) is 6.57. The highest BCUT2D eigenvalue weighted by atomic mass is 32.1. The lowest BCUT2D eigenvalue weighted by molar-refractivity contribution is 0.193. The lowest BCUT2D eigenvalue weighted by atomic mass is 10.1. The van der Waals surface area contributed by atoms with Crippen molar-refractivity contribution in [2.24, 2.45) is 12.0 Å². The molecule has 0 aliphatic carbocycles. The van der Waals surface area contributed by atoms with E-state index in [1.807, 2.05) is 6.07 Å². The number of thiazole rings is 1. The Morgan fingerprint density at radius 3 is 2.71 bits per heavy atom. The summed E-state index contributed by atoms with van der Waals surface area (Å²) < 4.78 is 9.42. The summed E-state index contributed by atoms with van der Waals surface area (Å²) in [5, 5.41) is 0. The van der Waals surface area contributed by atoms with Crippen LogP contribution in [0.15, 0.2) is 53.5 Å². The van der Waals surface area contributed by atoms with Crippen molar-refractivity contribution in [3.8, 4) is 5.75 Å². The van der Waals surface area contributed by atoms with Crippen molar-refractivity contribution >= 4 is 21.6 Å². The smallest absolute Gasteiger partial charge is 0.185 e. The molecule has 1 saturated heterocycles. The van der Waals surface area contributed by atoms with Crippen LogP contribution in [0, 0.1) is 6.92 Å². The first kappa shape index (κ1) is 19.2. The molecule has 4 nitrogen and oxygen atoms in total. The molecular weight excluding hydrogens is 366 g/mol. The fraction of sp³-hybridized carbons (Fsp3) is 0.435. The third-order valence-electron chi connectivity index (χ3n) is 5.44. The monoisotopic (exact) mass is 395 g/mol. The van der Waals surface area contributed by atoms with Crippen molar-refractivity contribution < 1.29 is 4.74 Å². The molecular formula is C23H29N3OS. The van der Waals surface area contributed by atoms with Crippen LogP contribution in [0.3, 0.4) is 0 Å². The van der Waals surface area contributed by atoms with E-state index in [2.05, 4.69) is 65.9 Å². The van der Waals surface area contributed by atoms with E-state index in [9.17, 15) is 0 Å². The number of para-hydroxylation sites is 1. The summed E-state index contributed by atoms with van der Waals surface area (Å²) in [4.78, 5) is 8.76. The standard InChI is InChI=1S/C23H29N3OS/c1-18-7-5-8-20(17-18)27-16-6-13-26-14-11-19(12-15-26)24-23-25(2)21-9-3-4-10-22(21)28-23/h3-5,7-10,17,19H,6,11-16H2,1-2H3. The van der Waals surface area contributed by atoms with Gasteiger partial charge in [-0.2, -0.15) is 0 Å². The molecule has 0 atom stereocenters. The molecule has 148 valence electrons. The van der Waals surface area contributed by atoms with Crippen LogP contribution in [-0.2, 0) is 7.05 Å². The summed E-state index contributed by atoms with van der Waals surface area (Å²) in [6, 6.07) is 17.3. The Morgan fingerprint density at radius 1 is 1.11 bits per heavy atom. The largest absolute Gasteiger partial charge is 0.494 e. The average molecular weight is 396 g/mol. The highest BCUT2D eigenvalue weighted by molar-refractivity contribution is 7.16. The van der Waals surface area contributed by atoms with E-state index in [4.69, 9.17) is 9.73 Å². The molecule has 0 bridgehead atoms. The van der Waals surface area contributed by atoms with Crippen LogP contribution < -0.4 is 9.54 Å². The third kappa shape index (κ3) is 4.65. The van der Waals surface area contributed by atoms with Gasteiger partial charge in [0.1, 0.15) is 5.75 Å². The van der Waals surface area contributed by atoms with Crippen molar-refractivity contribution in [2.75, 3.05) is 26.2 Å². The molecule has 0 spiro atoms. The molecule has 3 aromatic rings. The summed E-state index contributed by atoms with van der Waals surface area (Å²) >= 11 is 1.80. The predicted molar refractivity (Wildman–Crippen MR) is 117 cm³/mol. The van der Waals surface area contributed by atoms with Gasteiger partial charge in [-0.1, -0.05) is 35.6 Å². The fourth-order valence-corrected chi connectivity index (χ4v) is 4.90. The van der Waals surface area contributed by atoms with Gasteiger partial charge in [0.15, 0.2) is 4.80 Å². The van der Waals surface area contributed by atoms with Crippen molar-refractivity contribution in [2.45, 2.75) is 32.2 Å². The number of piperidine rings is 1. The first-order valence-electron chi connectivity index (χ1n) is 10.2. The van der Waals surface area contributed by atoms with Crippen molar-refractivity contribution in [3.63, 3.8) is 0 Å². The van der Waals surface area contributed by atoms with E-state index in [0.717, 1.165) is 56.1 Å². The molecule has 2 heterocycles. The molecule has 1 fully saturated rings. The summed E-state index contributed by atoms with van der Waals surface area (Å²) in [7, 11) is 2.13. The number of nitrogens with zero attached hydrogens (tertiary/aromatic N) is 3. The normalized spacial score (nSPS) is 16.7. The van der Waals surface area contributed by atoms with E-state index in [1.165, 1.54) is 15.8 Å². The van der Waals surface area contributed by atoms with Crippen LogP contribution in [0.2, 0.25) is 0 Å². The van der Waals surface area contributed by atoms with Gasteiger partial charge in [0.05, 0.1) is 22.9 Å². The van der Waals surface area contributed by atoms with Crippen LogP contribution in [0.5, 0.6) is 5.75 Å². The molecule has 1 aromatic heterocycles. The summed E-state index contributed by atoms with van der Waals surface area (Å²) in [5.74, 6) is 0.980. The highest BCUT2D eigenvalue weighted by Gasteiger charge is 2.18. The van der Waals surface area contributed by atoms with Crippen molar-refractivity contribution in [3.05, 3.63) is 58.9 Å². The number of aromatic nitrogens is 1. The number of aryl methyl sites for hydroxylation is 2. The highest BCUT2D eigenvalue weighted by Crippen LogP contribution is 2.18. The first-order chi connectivity index (χ1) is 13.7. The van der Waals surface area contributed by atoms with Gasteiger partial charge < -0.3 is 14.2 Å². The molecule has 0 unspecified atom stereocenters. The van der Waals surface area contributed by atoms with E-state index >= 15 is 0 Å². The minimum atomic E-state index is 0.444. The topological polar surface area (TPSA) is 29.8 Å². The van der Waals surface area contributed by atoms with Gasteiger partial charge in [-0.05, 0) is 56.0 Å². The molecule has 1 aliphatic heterocycles. The summed E-state index contributed by atoms with van der Waals surface area (Å²) in [6.07, 6.45) is 3.36. The second kappa shape index (κ2) is 8.93. The lowest BCUT2D eigenvalue weighted by Gasteiger charge is -2.29. The second-order valence-corrected chi connectivity index (χ2v) is 8.64. The van der Waals surface area contributed by atoms with Gasteiger partial charge in [0.2, 0.25) is 0 Å². The zero-order valence-corrected chi connectivity index (χ0v) is 17.6. The minimum Gasteiger partial charge on any atom is -0.494 e. The van der Waals surface area contributed by atoms with Crippen LogP contribution in [0.4, 0.5) is 0 Å². The molecule has 0 radical (unpaired) electrons. The fourth-order valence-electron chi connectivity index (χ4n) is 3.81. The minimum absolute atomic E-state index is 0.444. The maximum absolute atomic E-state index is 5.87. The number of rotatable bonds is 6. The maximum Gasteiger partial charge on any atom is 0.185 e. The molecule has 0 N–H and O–H groups in total. The summed E-state index contributed by atoms with van der Waals surface area (Å²) in [5.41, 5.74) is 2.52. The Hall–Kier alpha value is -2.11. The number of fused-ring (bicyclic) bond motifs is 1. The van der Waals surface area contributed by atoms with Gasteiger partial charge in [-0.3, -0.25) is 4.99 Å². The zero-order valence-electron chi connectivity index (χ0n) is 16.8. The number of ether oxygens (including phenoxy) is 1. The maximum atomic E-state index is 5.87. The molecule has 1 aliphatic rings. The first-order valence-corrected chi connectivity index (χ1v) is 11.0. The van der Waals surface area contributed by atoms with Crippen LogP contribution >= 0.6 is 11.3 Å². The quantitative estimate of drug-likeness (QED) is 0.580. The second-order valence-electron chi connectivity index (χ2n) is 7.63. The lowest BCUT2D eigenvalue weighted by Crippen LogP contribution is -2.37. The number of hydrogen-bond donors (Lipinski definition) is 0. The van der Waals surface area contributed by atoms with Gasteiger partial charge in [-0.25, -0.2) is 0 Å². The molecule has 28 heavy (non-hydrogen) atoms. The van der Waals surface area contributed by atoms with Gasteiger partial charge >= 0.3 is 0 Å². The molecule has 0 saturated carbocycles. The SMILES string of the molecule is Cc1cccc(OCCCN2CCC(N=c3sc4ccccc4n3C)CC2)c1. The zero-order chi connectivity index (χ0) is 19.3. The Bertz CT molecular complexity index is 983.